The van der Waals surface area contributed by atoms with Crippen molar-refractivity contribution in [3.05, 3.63) is 93.8 Å². The molecular weight excluding hydrogens is 494 g/mol. The van der Waals surface area contributed by atoms with Gasteiger partial charge in [0.05, 0.1) is 38.9 Å². The van der Waals surface area contributed by atoms with Gasteiger partial charge in [-0.3, -0.25) is 15.1 Å². The highest BCUT2D eigenvalue weighted by Gasteiger charge is 2.20. The molecule has 38 heavy (non-hydrogen) atoms. The SMILES string of the molecule is COc1ccc(C(=NOC(=O)c2ccc([N+](=O)[O-])cc2)c2nccc3cc(OC)c(OC)cc23)cc1OC. The van der Waals surface area contributed by atoms with E-state index >= 15 is 0 Å². The molecule has 11 nitrogen and oxygen atoms in total. The number of nitrogens with zero attached hydrogens (tertiary/aromatic N) is 3. The quantitative estimate of drug-likeness (QED) is 0.133. The van der Waals surface area contributed by atoms with Gasteiger partial charge in [-0.25, -0.2) is 4.79 Å². The molecule has 0 N–H and O–H groups in total. The molecular formula is C27H23N3O8. The normalized spacial score (nSPS) is 11.1. The van der Waals surface area contributed by atoms with Gasteiger partial charge >= 0.3 is 5.97 Å². The number of hydrogen-bond donors (Lipinski definition) is 0. The summed E-state index contributed by atoms with van der Waals surface area (Å²) in [6.45, 7) is 0. The first-order valence-electron chi connectivity index (χ1n) is 11.2. The molecule has 0 bridgehead atoms. The number of fused-ring (bicyclic) bond motifs is 1. The predicted molar refractivity (Wildman–Crippen MR) is 139 cm³/mol. The maximum absolute atomic E-state index is 12.8. The van der Waals surface area contributed by atoms with E-state index in [1.165, 1.54) is 45.6 Å². The molecule has 0 spiro atoms. The smallest absolute Gasteiger partial charge is 0.365 e. The summed E-state index contributed by atoms with van der Waals surface area (Å²) >= 11 is 0. The minimum atomic E-state index is -0.808. The van der Waals surface area contributed by atoms with Crippen LogP contribution in [0.2, 0.25) is 0 Å². The average Bonchev–Trinajstić information content (AvgIpc) is 2.96. The molecule has 0 aliphatic rings. The van der Waals surface area contributed by atoms with Crippen molar-refractivity contribution in [2.24, 2.45) is 5.16 Å². The minimum absolute atomic E-state index is 0.0864. The molecule has 11 heteroatoms. The van der Waals surface area contributed by atoms with Gasteiger partial charge in [-0.15, -0.1) is 0 Å². The summed E-state index contributed by atoms with van der Waals surface area (Å²) in [5.74, 6) is 1.13. The van der Waals surface area contributed by atoms with Gasteiger partial charge in [0, 0.05) is 29.3 Å². The van der Waals surface area contributed by atoms with Crippen molar-refractivity contribution < 1.29 is 33.5 Å². The Bertz CT molecular complexity index is 1530. The molecule has 0 saturated carbocycles. The van der Waals surface area contributed by atoms with Crippen LogP contribution in [0.1, 0.15) is 21.6 Å². The van der Waals surface area contributed by atoms with Crippen molar-refractivity contribution in [1.82, 2.24) is 4.98 Å². The Labute approximate surface area is 217 Å². The molecule has 0 aliphatic heterocycles. The Morgan fingerprint density at radius 1 is 0.789 bits per heavy atom. The molecule has 4 aromatic rings. The third-order valence-corrected chi connectivity index (χ3v) is 5.68. The van der Waals surface area contributed by atoms with Crippen LogP contribution in [0.25, 0.3) is 10.8 Å². The third-order valence-electron chi connectivity index (χ3n) is 5.68. The van der Waals surface area contributed by atoms with Crippen molar-refractivity contribution in [2.75, 3.05) is 28.4 Å². The number of oxime groups is 1. The fourth-order valence-electron chi connectivity index (χ4n) is 3.76. The molecule has 4 rings (SSSR count). The first-order valence-corrected chi connectivity index (χ1v) is 11.2. The van der Waals surface area contributed by atoms with E-state index in [1.807, 2.05) is 0 Å². The number of ether oxygens (including phenoxy) is 4. The summed E-state index contributed by atoms with van der Waals surface area (Å²) in [4.78, 5) is 33.0. The van der Waals surface area contributed by atoms with Crippen LogP contribution in [0, 0.1) is 10.1 Å². The number of nitro benzene ring substituents is 1. The second-order valence-corrected chi connectivity index (χ2v) is 7.78. The van der Waals surface area contributed by atoms with Crippen molar-refractivity contribution in [2.45, 2.75) is 0 Å². The molecule has 0 fully saturated rings. The monoisotopic (exact) mass is 517 g/mol. The zero-order chi connectivity index (χ0) is 27.2. The summed E-state index contributed by atoms with van der Waals surface area (Å²) in [6.07, 6.45) is 1.60. The summed E-state index contributed by atoms with van der Waals surface area (Å²) in [5, 5.41) is 16.5. The van der Waals surface area contributed by atoms with Gasteiger partial charge in [-0.2, -0.15) is 0 Å². The van der Waals surface area contributed by atoms with Crippen molar-refractivity contribution >= 4 is 28.1 Å². The van der Waals surface area contributed by atoms with Crippen LogP contribution in [0.5, 0.6) is 23.0 Å². The number of aromatic nitrogens is 1. The van der Waals surface area contributed by atoms with Crippen LogP contribution in [-0.4, -0.2) is 50.0 Å². The van der Waals surface area contributed by atoms with E-state index < -0.39 is 10.9 Å². The highest BCUT2D eigenvalue weighted by Crippen LogP contribution is 2.35. The molecule has 0 atom stereocenters. The molecule has 1 heterocycles. The van der Waals surface area contributed by atoms with Crippen LogP contribution in [0.4, 0.5) is 5.69 Å². The number of rotatable bonds is 9. The molecule has 0 radical (unpaired) electrons. The zero-order valence-corrected chi connectivity index (χ0v) is 21.0. The lowest BCUT2D eigenvalue weighted by atomic mass is 10.0. The van der Waals surface area contributed by atoms with E-state index in [-0.39, 0.29) is 17.0 Å². The Morgan fingerprint density at radius 3 is 2.03 bits per heavy atom. The summed E-state index contributed by atoms with van der Waals surface area (Å²) in [5.41, 5.74) is 1.07. The molecule has 1 aromatic heterocycles. The molecule has 194 valence electrons. The Balaban J connectivity index is 1.85. The van der Waals surface area contributed by atoms with Crippen molar-refractivity contribution in [3.8, 4) is 23.0 Å². The van der Waals surface area contributed by atoms with E-state index in [0.717, 1.165) is 5.39 Å². The lowest BCUT2D eigenvalue weighted by Gasteiger charge is -2.14. The second kappa shape index (κ2) is 11.2. The number of non-ortho nitro benzene ring substituents is 1. The lowest BCUT2D eigenvalue weighted by molar-refractivity contribution is -0.384. The lowest BCUT2D eigenvalue weighted by Crippen LogP contribution is -2.11. The third kappa shape index (κ3) is 5.16. The fourth-order valence-corrected chi connectivity index (χ4v) is 3.76. The molecule has 0 unspecified atom stereocenters. The summed E-state index contributed by atoms with van der Waals surface area (Å²) < 4.78 is 21.7. The number of pyridine rings is 1. The maximum atomic E-state index is 12.8. The largest absolute Gasteiger partial charge is 0.493 e. The molecule has 0 aliphatic carbocycles. The molecule has 0 saturated heterocycles. The van der Waals surface area contributed by atoms with E-state index in [9.17, 15) is 14.9 Å². The Morgan fingerprint density at radius 2 is 1.39 bits per heavy atom. The van der Waals surface area contributed by atoms with Crippen LogP contribution in [-0.2, 0) is 4.84 Å². The zero-order valence-electron chi connectivity index (χ0n) is 21.0. The standard InChI is InChI=1S/C27H23N3O8/c1-34-21-10-7-18(14-22(21)35-2)25(29-38-27(31)16-5-8-19(9-6-16)30(32)33)26-20-15-24(37-4)23(36-3)13-17(20)11-12-28-26/h5-15H,1-4H3. The topological polar surface area (TPSA) is 132 Å². The molecule has 0 amide bonds. The number of methoxy groups -OCH3 is 4. The van der Waals surface area contributed by atoms with Crippen LogP contribution in [0.15, 0.2) is 72.0 Å². The number of carbonyl (C=O) groups excluding carboxylic acids is 1. The first kappa shape index (κ1) is 25.9. The summed E-state index contributed by atoms with van der Waals surface area (Å²) in [7, 11) is 6.08. The highest BCUT2D eigenvalue weighted by molar-refractivity contribution is 6.18. The van der Waals surface area contributed by atoms with Crippen molar-refractivity contribution in [1.29, 1.82) is 0 Å². The average molecular weight is 517 g/mol. The minimum Gasteiger partial charge on any atom is -0.493 e. The van der Waals surface area contributed by atoms with Gasteiger partial charge in [0.1, 0.15) is 11.4 Å². The van der Waals surface area contributed by atoms with Crippen molar-refractivity contribution in [3.63, 3.8) is 0 Å². The second-order valence-electron chi connectivity index (χ2n) is 7.78. The van der Waals surface area contributed by atoms with Gasteiger partial charge in [0.25, 0.3) is 5.69 Å². The van der Waals surface area contributed by atoms with Gasteiger partial charge < -0.3 is 23.8 Å². The maximum Gasteiger partial charge on any atom is 0.365 e. The first-order chi connectivity index (χ1) is 18.4. The fraction of sp³-hybridized carbons (Fsp3) is 0.148. The van der Waals surface area contributed by atoms with E-state index in [1.54, 1.807) is 49.7 Å². The predicted octanol–water partition coefficient (Wildman–Crippen LogP) is 4.79. The number of carbonyl (C=O) groups is 1. The number of nitro groups is 1. The van der Waals surface area contributed by atoms with E-state index in [2.05, 4.69) is 10.1 Å². The van der Waals surface area contributed by atoms with Crippen LogP contribution in [0.3, 0.4) is 0 Å². The van der Waals surface area contributed by atoms with Crippen LogP contribution < -0.4 is 18.9 Å². The Hall–Kier alpha value is -5.19. The van der Waals surface area contributed by atoms with Crippen LogP contribution >= 0.6 is 0 Å². The Kier molecular flexibility index (Phi) is 7.66. The van der Waals surface area contributed by atoms with Gasteiger partial charge in [-0.1, -0.05) is 5.16 Å². The highest BCUT2D eigenvalue weighted by atomic mass is 16.7. The van der Waals surface area contributed by atoms with E-state index in [4.69, 9.17) is 23.8 Å². The molecule has 3 aromatic carbocycles. The van der Waals surface area contributed by atoms with E-state index in [0.29, 0.717) is 39.6 Å². The number of benzene rings is 3. The summed E-state index contributed by atoms with van der Waals surface area (Å²) in [6, 6.07) is 15.5. The van der Waals surface area contributed by atoms with Gasteiger partial charge in [-0.05, 0) is 53.9 Å². The van der Waals surface area contributed by atoms with Gasteiger partial charge in [0.15, 0.2) is 23.0 Å². The van der Waals surface area contributed by atoms with Gasteiger partial charge in [0.2, 0.25) is 0 Å². The number of hydrogen-bond acceptors (Lipinski definition) is 10.